The number of allylic oxidation sites excluding steroid dienone is 20. The highest BCUT2D eigenvalue weighted by Gasteiger charge is 2.25. The summed E-state index contributed by atoms with van der Waals surface area (Å²) in [4.78, 5) is 34.7. The van der Waals surface area contributed by atoms with Crippen molar-refractivity contribution in [2.24, 2.45) is 5.73 Å². The number of phosphoric acid groups is 1. The SMILES string of the molecule is CC/C=C/C=C/C=C/C=C/C=C/C=C/CCCCCC(=O)OCC(COP(=O)(O)OCCN)OC(=O)CCCCC/C=C/C=C/C=C/C=C/CC. The monoisotopic (exact) mass is 727 g/mol. The molecule has 2 atom stereocenters. The fraction of sp³-hybridized carbons (Fsp3) is 0.463. The summed E-state index contributed by atoms with van der Waals surface area (Å²) in [5, 5.41) is 0. The molecule has 0 spiro atoms. The van der Waals surface area contributed by atoms with Crippen LogP contribution in [0.1, 0.15) is 90.9 Å². The number of carbonyl (C=O) groups excluding carboxylic acids is 2. The molecule has 3 N–H and O–H groups in total. The normalized spacial score (nSPS) is 14.8. The van der Waals surface area contributed by atoms with Crippen molar-refractivity contribution in [3.8, 4) is 0 Å². The van der Waals surface area contributed by atoms with Crippen molar-refractivity contribution in [3.63, 3.8) is 0 Å². The molecule has 0 fully saturated rings. The first-order valence-electron chi connectivity index (χ1n) is 18.1. The molecule has 10 heteroatoms. The van der Waals surface area contributed by atoms with Crippen LogP contribution in [-0.2, 0) is 32.7 Å². The van der Waals surface area contributed by atoms with Gasteiger partial charge in [0.2, 0.25) is 0 Å². The third-order valence-corrected chi connectivity index (χ3v) is 7.58. The fourth-order valence-corrected chi connectivity index (χ4v) is 4.73. The lowest BCUT2D eigenvalue weighted by Crippen LogP contribution is -2.29. The predicted molar refractivity (Wildman–Crippen MR) is 210 cm³/mol. The van der Waals surface area contributed by atoms with E-state index in [9.17, 15) is 19.0 Å². The van der Waals surface area contributed by atoms with Crippen LogP contribution in [0, 0.1) is 0 Å². The highest BCUT2D eigenvalue weighted by atomic mass is 31.2. The highest BCUT2D eigenvalue weighted by molar-refractivity contribution is 7.47. The number of carbonyl (C=O) groups is 2. The molecule has 0 aliphatic carbocycles. The van der Waals surface area contributed by atoms with Crippen molar-refractivity contribution in [2.75, 3.05) is 26.4 Å². The minimum atomic E-state index is -4.40. The Kier molecular flexibility index (Phi) is 33.7. The Balaban J connectivity index is 4.45. The van der Waals surface area contributed by atoms with Gasteiger partial charge < -0.3 is 20.1 Å². The molecule has 0 rings (SSSR count). The molecule has 0 aromatic heterocycles. The summed E-state index contributed by atoms with van der Waals surface area (Å²) in [6, 6.07) is 0. The van der Waals surface area contributed by atoms with Gasteiger partial charge in [0.25, 0.3) is 0 Å². The maximum absolute atomic E-state index is 12.5. The summed E-state index contributed by atoms with van der Waals surface area (Å²) >= 11 is 0. The molecule has 0 amide bonds. The Morgan fingerprint density at radius 1 is 0.588 bits per heavy atom. The van der Waals surface area contributed by atoms with Gasteiger partial charge in [-0.2, -0.15) is 0 Å². The summed E-state index contributed by atoms with van der Waals surface area (Å²) in [6.07, 6.45) is 48.0. The number of phosphoric ester groups is 1. The summed E-state index contributed by atoms with van der Waals surface area (Å²) in [5.41, 5.74) is 5.32. The Morgan fingerprint density at radius 2 is 1.02 bits per heavy atom. The zero-order valence-corrected chi connectivity index (χ0v) is 31.7. The number of esters is 2. The molecule has 0 saturated heterocycles. The fourth-order valence-electron chi connectivity index (χ4n) is 3.97. The van der Waals surface area contributed by atoms with Gasteiger partial charge in [0, 0.05) is 19.4 Å². The molecule has 0 aliphatic heterocycles. The second-order valence-electron chi connectivity index (χ2n) is 11.2. The maximum Gasteiger partial charge on any atom is 0.472 e. The van der Waals surface area contributed by atoms with Gasteiger partial charge in [0.1, 0.15) is 6.61 Å². The third kappa shape index (κ3) is 36.0. The van der Waals surface area contributed by atoms with Gasteiger partial charge in [-0.25, -0.2) is 4.57 Å². The lowest BCUT2D eigenvalue weighted by molar-refractivity contribution is -0.161. The quantitative estimate of drug-likeness (QED) is 0.0310. The van der Waals surface area contributed by atoms with E-state index in [1.54, 1.807) is 0 Å². The molecule has 0 bridgehead atoms. The van der Waals surface area contributed by atoms with Gasteiger partial charge in [-0.1, -0.05) is 148 Å². The lowest BCUT2D eigenvalue weighted by Gasteiger charge is -2.19. The van der Waals surface area contributed by atoms with Gasteiger partial charge in [0.05, 0.1) is 13.2 Å². The van der Waals surface area contributed by atoms with Crippen LogP contribution in [0.15, 0.2) is 122 Å². The van der Waals surface area contributed by atoms with Crippen LogP contribution in [-0.4, -0.2) is 49.3 Å². The number of nitrogens with two attached hydrogens (primary N) is 1. The molecular formula is C41H62NO8P. The first kappa shape index (κ1) is 47.4. The van der Waals surface area contributed by atoms with Crippen LogP contribution in [0.5, 0.6) is 0 Å². The molecule has 0 aromatic carbocycles. The predicted octanol–water partition coefficient (Wildman–Crippen LogP) is 9.82. The minimum absolute atomic E-state index is 0.0317. The summed E-state index contributed by atoms with van der Waals surface area (Å²) in [6.45, 7) is 3.28. The van der Waals surface area contributed by atoms with E-state index in [1.807, 2.05) is 97.2 Å². The Morgan fingerprint density at radius 3 is 1.47 bits per heavy atom. The summed E-state index contributed by atoms with van der Waals surface area (Å²) in [7, 11) is -4.40. The zero-order chi connectivity index (χ0) is 37.5. The average Bonchev–Trinajstić information content (AvgIpc) is 3.11. The van der Waals surface area contributed by atoms with Crippen molar-refractivity contribution in [1.29, 1.82) is 0 Å². The molecule has 2 unspecified atom stereocenters. The lowest BCUT2D eigenvalue weighted by atomic mass is 10.1. The van der Waals surface area contributed by atoms with E-state index in [2.05, 4.69) is 38.2 Å². The van der Waals surface area contributed by atoms with Crippen LogP contribution in [0.4, 0.5) is 0 Å². The van der Waals surface area contributed by atoms with Crippen molar-refractivity contribution in [3.05, 3.63) is 122 Å². The van der Waals surface area contributed by atoms with Crippen molar-refractivity contribution >= 4 is 19.8 Å². The van der Waals surface area contributed by atoms with Gasteiger partial charge in [0.15, 0.2) is 6.10 Å². The molecule has 0 radical (unpaired) electrons. The van der Waals surface area contributed by atoms with Crippen molar-refractivity contribution in [1.82, 2.24) is 0 Å². The Bertz CT molecular complexity index is 1240. The van der Waals surface area contributed by atoms with E-state index >= 15 is 0 Å². The summed E-state index contributed by atoms with van der Waals surface area (Å²) in [5.74, 6) is -0.945. The van der Waals surface area contributed by atoms with Gasteiger partial charge >= 0.3 is 19.8 Å². The second kappa shape index (κ2) is 36.2. The van der Waals surface area contributed by atoms with Crippen LogP contribution in [0.2, 0.25) is 0 Å². The molecule has 0 heterocycles. The van der Waals surface area contributed by atoms with E-state index < -0.39 is 32.5 Å². The number of hydrogen-bond donors (Lipinski definition) is 2. The van der Waals surface area contributed by atoms with Crippen molar-refractivity contribution in [2.45, 2.75) is 97.0 Å². The Hall–Kier alpha value is -3.59. The number of rotatable bonds is 31. The van der Waals surface area contributed by atoms with E-state index in [0.29, 0.717) is 12.8 Å². The van der Waals surface area contributed by atoms with Crippen LogP contribution >= 0.6 is 7.82 Å². The number of ether oxygens (including phenoxy) is 2. The van der Waals surface area contributed by atoms with Crippen LogP contribution in [0.3, 0.4) is 0 Å². The smallest absolute Gasteiger partial charge is 0.462 e. The van der Waals surface area contributed by atoms with E-state index in [-0.39, 0.29) is 32.6 Å². The average molecular weight is 728 g/mol. The van der Waals surface area contributed by atoms with Gasteiger partial charge in [-0.15, -0.1) is 0 Å². The van der Waals surface area contributed by atoms with Gasteiger partial charge in [-0.05, 0) is 51.4 Å². The van der Waals surface area contributed by atoms with E-state index in [0.717, 1.165) is 51.4 Å². The first-order chi connectivity index (χ1) is 24.8. The van der Waals surface area contributed by atoms with Crippen LogP contribution < -0.4 is 5.73 Å². The topological polar surface area (TPSA) is 134 Å². The first-order valence-corrected chi connectivity index (χ1v) is 19.6. The molecule has 9 nitrogen and oxygen atoms in total. The van der Waals surface area contributed by atoms with E-state index in [1.165, 1.54) is 0 Å². The molecule has 0 aliphatic rings. The van der Waals surface area contributed by atoms with E-state index in [4.69, 9.17) is 24.3 Å². The third-order valence-electron chi connectivity index (χ3n) is 6.60. The second-order valence-corrected chi connectivity index (χ2v) is 12.7. The molecule has 0 aromatic rings. The standard InChI is InChI=1S/C41H62NO8P/c1-3-5-7-9-11-13-15-17-18-19-20-22-23-25-27-29-31-33-40(43)47-37-39(38-49-51(45,46)48-36-35-42)50-41(44)34-32-30-28-26-24-21-16-14-12-10-8-6-4-2/h5-24,39H,3-4,25-38,42H2,1-2H3,(H,45,46)/b7-5+,8-6+,11-9+,12-10+,15-13+,16-14+,18-17+,20-19+,23-22+,24-21+. The molecule has 51 heavy (non-hydrogen) atoms. The summed E-state index contributed by atoms with van der Waals surface area (Å²) < 4.78 is 32.5. The van der Waals surface area contributed by atoms with Crippen molar-refractivity contribution < 1.29 is 37.6 Å². The number of unbranched alkanes of at least 4 members (excludes halogenated alkanes) is 6. The largest absolute Gasteiger partial charge is 0.472 e. The zero-order valence-electron chi connectivity index (χ0n) is 30.8. The Labute approximate surface area is 307 Å². The molecular weight excluding hydrogens is 665 g/mol. The number of hydrogen-bond acceptors (Lipinski definition) is 8. The highest BCUT2D eigenvalue weighted by Crippen LogP contribution is 2.43. The molecule has 0 saturated carbocycles. The van der Waals surface area contributed by atoms with Gasteiger partial charge in [-0.3, -0.25) is 18.6 Å². The van der Waals surface area contributed by atoms with Crippen LogP contribution in [0.25, 0.3) is 0 Å². The minimum Gasteiger partial charge on any atom is -0.462 e. The molecule has 284 valence electrons. The maximum atomic E-state index is 12.5.